The van der Waals surface area contributed by atoms with E-state index in [0.29, 0.717) is 29.8 Å². The number of rotatable bonds is 5. The van der Waals surface area contributed by atoms with Crippen molar-refractivity contribution in [3.8, 4) is 5.75 Å². The summed E-state index contributed by atoms with van der Waals surface area (Å²) in [4.78, 5) is 11.3. The highest BCUT2D eigenvalue weighted by Crippen LogP contribution is 2.50. The summed E-state index contributed by atoms with van der Waals surface area (Å²) in [5.74, 6) is -2.54. The number of aliphatic hydroxyl groups excluding tert-OH is 2. The molecule has 180 valence electrons. The molecule has 1 aliphatic heterocycles. The van der Waals surface area contributed by atoms with E-state index in [0.717, 1.165) is 24.8 Å². The number of aliphatic hydroxyl groups is 2. The van der Waals surface area contributed by atoms with E-state index in [1.807, 2.05) is 30.3 Å². The number of fused-ring (bicyclic) bond motifs is 2. The van der Waals surface area contributed by atoms with Crippen molar-refractivity contribution < 1.29 is 29.2 Å². The zero-order chi connectivity index (χ0) is 24.0. The highest BCUT2D eigenvalue weighted by Gasteiger charge is 2.47. The number of aryl methyl sites for hydroxylation is 1. The number of aromatic carboxylic acids is 1. The van der Waals surface area contributed by atoms with Gasteiger partial charge < -0.3 is 20.1 Å². The molecule has 0 amide bonds. The molecule has 2 aliphatic carbocycles. The second-order valence-electron chi connectivity index (χ2n) is 9.78. The molecule has 7 heteroatoms. The molecular weight excluding hydrogens is 459 g/mol. The monoisotopic (exact) mass is 486 g/mol. The van der Waals surface area contributed by atoms with Crippen LogP contribution in [0.4, 0.5) is 4.39 Å². The molecule has 0 saturated heterocycles. The van der Waals surface area contributed by atoms with E-state index < -0.39 is 41.1 Å². The Bertz CT molecular complexity index is 1130. The van der Waals surface area contributed by atoms with Gasteiger partial charge in [0.2, 0.25) is 0 Å². The van der Waals surface area contributed by atoms with E-state index in [4.69, 9.17) is 16.3 Å². The smallest absolute Gasteiger partial charge is 0.338 e. The van der Waals surface area contributed by atoms with Crippen molar-refractivity contribution in [2.75, 3.05) is 0 Å². The summed E-state index contributed by atoms with van der Waals surface area (Å²) in [6, 6.07) is 10.5. The molecule has 2 saturated carbocycles. The van der Waals surface area contributed by atoms with E-state index >= 15 is 0 Å². The van der Waals surface area contributed by atoms with Crippen molar-refractivity contribution in [2.24, 2.45) is 11.8 Å². The van der Waals surface area contributed by atoms with Gasteiger partial charge in [-0.3, -0.25) is 0 Å². The van der Waals surface area contributed by atoms with Gasteiger partial charge in [-0.1, -0.05) is 54.4 Å². The van der Waals surface area contributed by atoms with Crippen LogP contribution in [-0.2, 0) is 11.8 Å². The van der Waals surface area contributed by atoms with Crippen LogP contribution >= 0.6 is 11.6 Å². The third-order valence-electron chi connectivity index (χ3n) is 8.05. The first kappa shape index (κ1) is 23.3. The third kappa shape index (κ3) is 3.82. The lowest BCUT2D eigenvalue weighted by Crippen LogP contribution is -2.45. The zero-order valence-electron chi connectivity index (χ0n) is 18.7. The summed E-state index contributed by atoms with van der Waals surface area (Å²) >= 11 is 6.45. The van der Waals surface area contributed by atoms with E-state index in [1.54, 1.807) is 12.1 Å². The number of ether oxygens (including phenoxy) is 1. The fourth-order valence-electron chi connectivity index (χ4n) is 6.01. The quantitative estimate of drug-likeness (QED) is 0.523. The van der Waals surface area contributed by atoms with Crippen LogP contribution in [0.3, 0.4) is 0 Å². The Morgan fingerprint density at radius 3 is 2.68 bits per heavy atom. The molecule has 34 heavy (non-hydrogen) atoms. The van der Waals surface area contributed by atoms with Gasteiger partial charge in [0.1, 0.15) is 6.10 Å². The maximum Gasteiger partial charge on any atom is 0.338 e. The lowest BCUT2D eigenvalue weighted by molar-refractivity contribution is 0.0615. The minimum Gasteiger partial charge on any atom is -0.487 e. The first-order valence-corrected chi connectivity index (χ1v) is 12.2. The van der Waals surface area contributed by atoms with Crippen LogP contribution in [0.25, 0.3) is 0 Å². The Kier molecular flexibility index (Phi) is 6.17. The highest BCUT2D eigenvalue weighted by atomic mass is 35.5. The molecule has 5 atom stereocenters. The Morgan fingerprint density at radius 1 is 1.24 bits per heavy atom. The normalized spacial score (nSPS) is 28.4. The van der Waals surface area contributed by atoms with E-state index in [2.05, 4.69) is 0 Å². The van der Waals surface area contributed by atoms with Gasteiger partial charge in [0, 0.05) is 28.7 Å². The number of hydrogen-bond donors (Lipinski definition) is 3. The van der Waals surface area contributed by atoms with Crippen molar-refractivity contribution in [3.63, 3.8) is 0 Å². The van der Waals surface area contributed by atoms with Gasteiger partial charge in [0.05, 0.1) is 17.8 Å². The predicted octanol–water partition coefficient (Wildman–Crippen LogP) is 4.91. The Balaban J connectivity index is 1.37. The molecule has 5 nitrogen and oxygen atoms in total. The number of hydrogen-bond acceptors (Lipinski definition) is 4. The second kappa shape index (κ2) is 8.99. The summed E-state index contributed by atoms with van der Waals surface area (Å²) in [5, 5.41) is 31.9. The molecule has 1 unspecified atom stereocenters. The topological polar surface area (TPSA) is 87.0 Å². The van der Waals surface area contributed by atoms with Gasteiger partial charge in [-0.25, -0.2) is 9.18 Å². The van der Waals surface area contributed by atoms with E-state index in [9.17, 15) is 24.5 Å². The largest absolute Gasteiger partial charge is 0.487 e. The van der Waals surface area contributed by atoms with E-state index in [-0.39, 0.29) is 17.6 Å². The van der Waals surface area contributed by atoms with Crippen molar-refractivity contribution in [1.82, 2.24) is 0 Å². The molecular formula is C27H28ClFO5. The molecule has 0 radical (unpaired) electrons. The fraction of sp³-hybridized carbons (Fsp3) is 0.444. The Hall–Kier alpha value is -2.41. The molecule has 2 fully saturated rings. The van der Waals surface area contributed by atoms with Crippen LogP contribution in [0, 0.1) is 17.7 Å². The van der Waals surface area contributed by atoms with Crippen LogP contribution < -0.4 is 4.74 Å². The lowest BCUT2D eigenvalue weighted by atomic mass is 9.61. The van der Waals surface area contributed by atoms with Gasteiger partial charge in [-0.05, 0) is 48.9 Å². The summed E-state index contributed by atoms with van der Waals surface area (Å²) in [5.41, 5.74) is 0.745. The lowest BCUT2D eigenvalue weighted by Gasteiger charge is -2.45. The number of carboxylic acids is 1. The van der Waals surface area contributed by atoms with Gasteiger partial charge in [0.25, 0.3) is 0 Å². The van der Waals surface area contributed by atoms with Crippen LogP contribution in [0.1, 0.15) is 53.6 Å². The summed E-state index contributed by atoms with van der Waals surface area (Å²) in [6.07, 6.45) is 6.01. The summed E-state index contributed by atoms with van der Waals surface area (Å²) in [7, 11) is 0. The van der Waals surface area contributed by atoms with Crippen molar-refractivity contribution in [3.05, 3.63) is 76.1 Å². The van der Waals surface area contributed by atoms with Crippen molar-refractivity contribution >= 4 is 17.6 Å². The predicted molar refractivity (Wildman–Crippen MR) is 126 cm³/mol. The third-order valence-corrected chi connectivity index (χ3v) is 8.38. The van der Waals surface area contributed by atoms with Gasteiger partial charge in [0.15, 0.2) is 11.6 Å². The molecule has 0 aromatic heterocycles. The van der Waals surface area contributed by atoms with Gasteiger partial charge in [-0.15, -0.1) is 0 Å². The van der Waals surface area contributed by atoms with Gasteiger partial charge >= 0.3 is 5.97 Å². The van der Waals surface area contributed by atoms with Crippen LogP contribution in [0.2, 0.25) is 5.02 Å². The summed E-state index contributed by atoms with van der Waals surface area (Å²) < 4.78 is 20.8. The van der Waals surface area contributed by atoms with E-state index in [1.165, 1.54) is 6.07 Å². The number of halogens is 2. The number of benzene rings is 2. The molecule has 3 N–H and O–H groups in total. The minimum atomic E-state index is -1.34. The SMILES string of the molecule is O=C(O)c1ccc2c(c1F)O[C@H]1C[C@@H](O)[C@H](/C=C/C(O)C3(c4ccccc4Cl)CCC3)[C@H]1CC2. The number of carboxylic acid groups (broad SMARTS) is 1. The minimum absolute atomic E-state index is 0.0172. The highest BCUT2D eigenvalue weighted by molar-refractivity contribution is 6.31. The second-order valence-corrected chi connectivity index (χ2v) is 10.2. The number of carbonyl (C=O) groups is 1. The molecule has 0 bridgehead atoms. The Labute approximate surface area is 202 Å². The Morgan fingerprint density at radius 2 is 2.00 bits per heavy atom. The van der Waals surface area contributed by atoms with Crippen molar-refractivity contribution in [1.29, 1.82) is 0 Å². The average Bonchev–Trinajstić information content (AvgIpc) is 2.94. The first-order valence-electron chi connectivity index (χ1n) is 11.8. The average molecular weight is 487 g/mol. The maximum absolute atomic E-state index is 14.8. The summed E-state index contributed by atoms with van der Waals surface area (Å²) in [6.45, 7) is 0. The molecule has 2 aromatic carbocycles. The first-order chi connectivity index (χ1) is 16.3. The maximum atomic E-state index is 14.8. The standard InChI is InChI=1S/C27H28ClFO5/c28-20-5-2-1-4-19(20)27(12-3-13-27)23(31)11-10-16-17-8-6-15-7-9-18(26(32)33)24(29)25(15)34-22(17)14-21(16)30/h1-2,4-5,7,9-11,16-17,21-23,30-31H,3,6,8,12-14H2,(H,32,33)/b11-10+/t16-,17-,21-,22+,23?/m1/s1. The molecule has 2 aromatic rings. The molecule has 3 aliphatic rings. The van der Waals surface area contributed by atoms with Crippen LogP contribution in [0.15, 0.2) is 48.6 Å². The molecule has 0 spiro atoms. The van der Waals surface area contributed by atoms with Crippen LogP contribution in [0.5, 0.6) is 5.75 Å². The zero-order valence-corrected chi connectivity index (χ0v) is 19.4. The molecule has 1 heterocycles. The molecule has 5 rings (SSSR count). The van der Waals surface area contributed by atoms with Crippen molar-refractivity contribution in [2.45, 2.75) is 62.3 Å². The van der Waals surface area contributed by atoms with Crippen LogP contribution in [-0.4, -0.2) is 39.6 Å². The van der Waals surface area contributed by atoms with Gasteiger partial charge in [-0.2, -0.15) is 0 Å². The fourth-order valence-corrected chi connectivity index (χ4v) is 6.34.